The monoisotopic (exact) mass is 228 g/mol. The summed E-state index contributed by atoms with van der Waals surface area (Å²) in [6.45, 7) is 2.39. The zero-order valence-corrected chi connectivity index (χ0v) is 8.99. The largest absolute Gasteiger partial charge is 0.388 e. The van der Waals surface area contributed by atoms with E-state index in [1.807, 2.05) is 6.92 Å². The molecule has 16 heavy (non-hydrogen) atoms. The molecule has 0 spiro atoms. The fraction of sp³-hybridized carbons (Fsp3) is 0.500. The van der Waals surface area contributed by atoms with Gasteiger partial charge in [-0.1, -0.05) is 12.1 Å². The minimum atomic E-state index is -1.01. The van der Waals surface area contributed by atoms with E-state index in [-0.39, 0.29) is 17.6 Å². The van der Waals surface area contributed by atoms with Crippen LogP contribution in [0.4, 0.5) is 8.78 Å². The van der Waals surface area contributed by atoms with Gasteiger partial charge in [-0.25, -0.2) is 8.78 Å². The molecule has 2 rings (SSSR count). The van der Waals surface area contributed by atoms with Crippen LogP contribution in [0.25, 0.3) is 0 Å². The lowest BCUT2D eigenvalue weighted by molar-refractivity contribution is 0.0411. The van der Waals surface area contributed by atoms with Crippen LogP contribution in [0, 0.1) is 17.6 Å². The summed E-state index contributed by atoms with van der Waals surface area (Å²) in [6.07, 6.45) is -0.468. The quantitative estimate of drug-likeness (QED) is 0.842. The Bertz CT molecular complexity index is 381. The predicted molar refractivity (Wildman–Crippen MR) is 54.8 cm³/mol. The summed E-state index contributed by atoms with van der Waals surface area (Å²) in [5.41, 5.74) is 0.0161. The fourth-order valence-corrected chi connectivity index (χ4v) is 2.14. The van der Waals surface area contributed by atoms with Crippen LogP contribution in [0.1, 0.15) is 25.0 Å². The molecule has 3 atom stereocenters. The van der Waals surface area contributed by atoms with Crippen molar-refractivity contribution in [3.8, 4) is 0 Å². The summed E-state index contributed by atoms with van der Waals surface area (Å²) in [5.74, 6) is -2.06. The zero-order chi connectivity index (χ0) is 11.7. The van der Waals surface area contributed by atoms with E-state index in [1.165, 1.54) is 12.1 Å². The van der Waals surface area contributed by atoms with Gasteiger partial charge < -0.3 is 9.84 Å². The van der Waals surface area contributed by atoms with Crippen molar-refractivity contribution >= 4 is 0 Å². The van der Waals surface area contributed by atoms with Gasteiger partial charge in [-0.05, 0) is 19.4 Å². The Hall–Kier alpha value is -1.00. The molecule has 1 N–H and O–H groups in total. The Morgan fingerprint density at radius 1 is 1.44 bits per heavy atom. The maximum absolute atomic E-state index is 13.5. The average molecular weight is 228 g/mol. The SMILES string of the molecule is CC1OCCC1C(O)c1cccc(F)c1F. The van der Waals surface area contributed by atoms with Gasteiger partial charge in [0.15, 0.2) is 11.6 Å². The maximum atomic E-state index is 13.5. The smallest absolute Gasteiger partial charge is 0.164 e. The second-order valence-electron chi connectivity index (χ2n) is 4.12. The first-order valence-electron chi connectivity index (χ1n) is 5.35. The number of aliphatic hydroxyl groups is 1. The first kappa shape index (κ1) is 11.5. The highest BCUT2D eigenvalue weighted by atomic mass is 19.2. The highest BCUT2D eigenvalue weighted by Gasteiger charge is 2.33. The molecule has 0 saturated carbocycles. The summed E-state index contributed by atoms with van der Waals surface area (Å²) in [6, 6.07) is 3.85. The number of hydrogen-bond donors (Lipinski definition) is 1. The van der Waals surface area contributed by atoms with Crippen molar-refractivity contribution < 1.29 is 18.6 Å². The first-order valence-corrected chi connectivity index (χ1v) is 5.35. The lowest BCUT2D eigenvalue weighted by Gasteiger charge is -2.21. The van der Waals surface area contributed by atoms with Crippen LogP contribution in [0.2, 0.25) is 0 Å². The van der Waals surface area contributed by atoms with Crippen LogP contribution < -0.4 is 0 Å². The third-order valence-corrected chi connectivity index (χ3v) is 3.14. The van der Waals surface area contributed by atoms with E-state index in [9.17, 15) is 13.9 Å². The van der Waals surface area contributed by atoms with Crippen LogP contribution in [-0.2, 0) is 4.74 Å². The van der Waals surface area contributed by atoms with Crippen molar-refractivity contribution in [1.29, 1.82) is 0 Å². The number of rotatable bonds is 2. The van der Waals surface area contributed by atoms with E-state index in [0.29, 0.717) is 13.0 Å². The summed E-state index contributed by atoms with van der Waals surface area (Å²) >= 11 is 0. The van der Waals surface area contributed by atoms with E-state index in [4.69, 9.17) is 4.74 Å². The molecule has 1 aliphatic heterocycles. The molecule has 1 heterocycles. The molecule has 0 radical (unpaired) electrons. The molecular formula is C12H14F2O2. The van der Waals surface area contributed by atoms with Gasteiger partial charge in [0.1, 0.15) is 0 Å². The molecule has 1 fully saturated rings. The van der Waals surface area contributed by atoms with Gasteiger partial charge in [-0.15, -0.1) is 0 Å². The van der Waals surface area contributed by atoms with Gasteiger partial charge in [0, 0.05) is 18.1 Å². The van der Waals surface area contributed by atoms with Gasteiger partial charge in [-0.3, -0.25) is 0 Å². The van der Waals surface area contributed by atoms with Gasteiger partial charge in [-0.2, -0.15) is 0 Å². The molecule has 0 aliphatic carbocycles. The zero-order valence-electron chi connectivity index (χ0n) is 8.99. The molecule has 4 heteroatoms. The molecule has 0 amide bonds. The van der Waals surface area contributed by atoms with Crippen LogP contribution in [0.3, 0.4) is 0 Å². The topological polar surface area (TPSA) is 29.5 Å². The second-order valence-corrected chi connectivity index (χ2v) is 4.12. The number of aliphatic hydroxyl groups excluding tert-OH is 1. The molecule has 0 aromatic heterocycles. The van der Waals surface area contributed by atoms with Gasteiger partial charge >= 0.3 is 0 Å². The standard InChI is InChI=1S/C12H14F2O2/c1-7-8(5-6-16-7)12(15)9-3-2-4-10(13)11(9)14/h2-4,7-8,12,15H,5-6H2,1H3. The number of benzene rings is 1. The number of hydrogen-bond acceptors (Lipinski definition) is 2. The molecule has 2 nitrogen and oxygen atoms in total. The Kier molecular flexibility index (Phi) is 3.21. The first-order chi connectivity index (χ1) is 7.61. The van der Waals surface area contributed by atoms with Crippen molar-refractivity contribution in [2.75, 3.05) is 6.61 Å². The predicted octanol–water partition coefficient (Wildman–Crippen LogP) is 2.42. The van der Waals surface area contributed by atoms with E-state index < -0.39 is 17.7 Å². The highest BCUT2D eigenvalue weighted by molar-refractivity contribution is 5.22. The summed E-state index contributed by atoms with van der Waals surface area (Å²) in [4.78, 5) is 0. The number of halogens is 2. The number of ether oxygens (including phenoxy) is 1. The maximum Gasteiger partial charge on any atom is 0.164 e. The molecule has 88 valence electrons. The molecule has 1 aliphatic rings. The van der Waals surface area contributed by atoms with Gasteiger partial charge in [0.05, 0.1) is 12.2 Å². The van der Waals surface area contributed by atoms with Crippen molar-refractivity contribution in [2.45, 2.75) is 25.6 Å². The normalized spacial score (nSPS) is 27.0. The van der Waals surface area contributed by atoms with Crippen LogP contribution >= 0.6 is 0 Å². The molecule has 1 aromatic rings. The summed E-state index contributed by atoms with van der Waals surface area (Å²) in [7, 11) is 0. The van der Waals surface area contributed by atoms with Crippen LogP contribution in [-0.4, -0.2) is 17.8 Å². The van der Waals surface area contributed by atoms with Crippen LogP contribution in [0.5, 0.6) is 0 Å². The van der Waals surface area contributed by atoms with Crippen molar-refractivity contribution in [2.24, 2.45) is 5.92 Å². The Balaban J connectivity index is 2.26. The van der Waals surface area contributed by atoms with Crippen molar-refractivity contribution in [3.63, 3.8) is 0 Å². The third kappa shape index (κ3) is 1.95. The summed E-state index contributed by atoms with van der Waals surface area (Å²) < 4.78 is 31.8. The third-order valence-electron chi connectivity index (χ3n) is 3.14. The second kappa shape index (κ2) is 4.47. The highest BCUT2D eigenvalue weighted by Crippen LogP contribution is 2.34. The molecule has 3 unspecified atom stereocenters. The molecular weight excluding hydrogens is 214 g/mol. The summed E-state index contributed by atoms with van der Waals surface area (Å²) in [5, 5.41) is 10.0. The van der Waals surface area contributed by atoms with E-state index in [1.54, 1.807) is 0 Å². The fourth-order valence-electron chi connectivity index (χ4n) is 2.14. The minimum Gasteiger partial charge on any atom is -0.388 e. The minimum absolute atomic E-state index is 0.0161. The molecule has 0 bridgehead atoms. The Morgan fingerprint density at radius 3 is 2.81 bits per heavy atom. The lowest BCUT2D eigenvalue weighted by atomic mass is 9.90. The van der Waals surface area contributed by atoms with E-state index in [0.717, 1.165) is 6.07 Å². The average Bonchev–Trinajstić information content (AvgIpc) is 2.68. The lowest BCUT2D eigenvalue weighted by Crippen LogP contribution is -2.20. The van der Waals surface area contributed by atoms with Gasteiger partial charge in [0.2, 0.25) is 0 Å². The van der Waals surface area contributed by atoms with Gasteiger partial charge in [0.25, 0.3) is 0 Å². The van der Waals surface area contributed by atoms with Crippen molar-refractivity contribution in [3.05, 3.63) is 35.4 Å². The van der Waals surface area contributed by atoms with E-state index >= 15 is 0 Å². The van der Waals surface area contributed by atoms with E-state index in [2.05, 4.69) is 0 Å². The van der Waals surface area contributed by atoms with Crippen molar-refractivity contribution in [1.82, 2.24) is 0 Å². The Labute approximate surface area is 92.9 Å². The molecule has 1 saturated heterocycles. The molecule has 1 aromatic carbocycles. The van der Waals surface area contributed by atoms with Crippen LogP contribution in [0.15, 0.2) is 18.2 Å². The Morgan fingerprint density at radius 2 is 2.19 bits per heavy atom.